The number of amides is 2. The van der Waals surface area contributed by atoms with Gasteiger partial charge in [-0.2, -0.15) is 0 Å². The lowest BCUT2D eigenvalue weighted by Crippen LogP contribution is -2.43. The van der Waals surface area contributed by atoms with Crippen LogP contribution in [0.25, 0.3) is 0 Å². The summed E-state index contributed by atoms with van der Waals surface area (Å²) in [6.45, 7) is 1.60. The van der Waals surface area contributed by atoms with Gasteiger partial charge in [0.05, 0.1) is 15.3 Å². The zero-order valence-electron chi connectivity index (χ0n) is 13.7. The van der Waals surface area contributed by atoms with Gasteiger partial charge in [-0.15, -0.1) is 0 Å². The lowest BCUT2D eigenvalue weighted by molar-refractivity contribution is 0.240. The zero-order chi connectivity index (χ0) is 18.0. The van der Waals surface area contributed by atoms with Crippen molar-refractivity contribution in [2.24, 2.45) is 5.92 Å². The Labute approximate surface area is 157 Å². The molecule has 0 spiro atoms. The molecule has 1 aromatic carbocycles. The summed E-state index contributed by atoms with van der Waals surface area (Å²) in [4.78, 5) is 12.0. The predicted octanol–water partition coefficient (Wildman–Crippen LogP) is 3.32. The molecule has 9 heteroatoms. The fraction of sp³-hybridized carbons (Fsp3) is 0.562. The fourth-order valence-electron chi connectivity index (χ4n) is 2.93. The van der Waals surface area contributed by atoms with E-state index in [2.05, 4.69) is 10.6 Å². The van der Waals surface area contributed by atoms with Gasteiger partial charge >= 0.3 is 6.03 Å². The fourth-order valence-corrected chi connectivity index (χ4v) is 5.10. The van der Waals surface area contributed by atoms with E-state index < -0.39 is 10.0 Å². The van der Waals surface area contributed by atoms with Gasteiger partial charge in [-0.3, -0.25) is 0 Å². The molecule has 2 fully saturated rings. The molecule has 1 aliphatic heterocycles. The Morgan fingerprint density at radius 1 is 1.12 bits per heavy atom. The number of carbonyl (C=O) groups is 1. The van der Waals surface area contributed by atoms with Crippen LogP contribution in [0.15, 0.2) is 18.2 Å². The summed E-state index contributed by atoms with van der Waals surface area (Å²) < 4.78 is 26.0. The van der Waals surface area contributed by atoms with Gasteiger partial charge in [0.2, 0.25) is 10.0 Å². The van der Waals surface area contributed by atoms with Crippen LogP contribution in [0.1, 0.15) is 25.7 Å². The molecule has 0 unspecified atom stereocenters. The highest BCUT2D eigenvalue weighted by Crippen LogP contribution is 2.33. The van der Waals surface area contributed by atoms with E-state index in [-0.39, 0.29) is 17.2 Å². The second kappa shape index (κ2) is 7.70. The summed E-state index contributed by atoms with van der Waals surface area (Å²) in [5.41, 5.74) is 0.567. The third-order valence-electron chi connectivity index (χ3n) is 4.61. The van der Waals surface area contributed by atoms with Crippen molar-refractivity contribution in [3.63, 3.8) is 0 Å². The van der Waals surface area contributed by atoms with E-state index in [1.807, 2.05) is 0 Å². The van der Waals surface area contributed by atoms with Gasteiger partial charge in [0.15, 0.2) is 0 Å². The topological polar surface area (TPSA) is 78.5 Å². The lowest BCUT2D eigenvalue weighted by atomic mass is 9.98. The molecule has 0 aromatic heterocycles. The average molecular weight is 406 g/mol. The van der Waals surface area contributed by atoms with E-state index in [0.717, 1.165) is 25.7 Å². The maximum Gasteiger partial charge on any atom is 0.319 e. The SMILES string of the molecule is O=C(NCC1CCN(S(=O)(=O)C2CC2)CC1)Nc1ccc(Cl)c(Cl)c1. The molecule has 2 amide bonds. The summed E-state index contributed by atoms with van der Waals surface area (Å²) in [7, 11) is -3.08. The second-order valence-corrected chi connectivity index (χ2v) is 9.58. The molecule has 3 rings (SSSR count). The van der Waals surface area contributed by atoms with Crippen molar-refractivity contribution in [1.82, 2.24) is 9.62 Å². The lowest BCUT2D eigenvalue weighted by Gasteiger charge is -2.31. The molecule has 0 radical (unpaired) electrons. The Morgan fingerprint density at radius 3 is 2.40 bits per heavy atom. The van der Waals surface area contributed by atoms with E-state index in [9.17, 15) is 13.2 Å². The number of rotatable bonds is 5. The Balaban J connectivity index is 1.42. The number of anilines is 1. The molecule has 2 N–H and O–H groups in total. The summed E-state index contributed by atoms with van der Waals surface area (Å²) in [5, 5.41) is 6.19. The quantitative estimate of drug-likeness (QED) is 0.788. The molecule has 2 aliphatic rings. The number of nitrogens with zero attached hydrogens (tertiary/aromatic N) is 1. The third-order valence-corrected chi connectivity index (χ3v) is 7.75. The molecule has 138 valence electrons. The molecule has 25 heavy (non-hydrogen) atoms. The van der Waals surface area contributed by atoms with Crippen molar-refractivity contribution < 1.29 is 13.2 Å². The average Bonchev–Trinajstić information content (AvgIpc) is 3.42. The predicted molar refractivity (Wildman–Crippen MR) is 99.7 cm³/mol. The van der Waals surface area contributed by atoms with Crippen molar-refractivity contribution in [1.29, 1.82) is 0 Å². The van der Waals surface area contributed by atoms with E-state index in [1.54, 1.807) is 22.5 Å². The number of halogens is 2. The number of hydrogen-bond acceptors (Lipinski definition) is 3. The van der Waals surface area contributed by atoms with Crippen LogP contribution in [-0.4, -0.2) is 43.6 Å². The van der Waals surface area contributed by atoms with E-state index in [0.29, 0.717) is 35.4 Å². The van der Waals surface area contributed by atoms with Crippen molar-refractivity contribution in [2.75, 3.05) is 25.0 Å². The molecule has 1 aromatic rings. The summed E-state index contributed by atoms with van der Waals surface area (Å²) >= 11 is 11.8. The monoisotopic (exact) mass is 405 g/mol. The van der Waals surface area contributed by atoms with Gasteiger partial charge in [0, 0.05) is 25.3 Å². The van der Waals surface area contributed by atoms with E-state index in [1.165, 1.54) is 0 Å². The highest BCUT2D eigenvalue weighted by Gasteiger charge is 2.41. The maximum atomic E-state index is 12.2. The first-order chi connectivity index (χ1) is 11.9. The van der Waals surface area contributed by atoms with Crippen molar-refractivity contribution in [3.8, 4) is 0 Å². The molecule has 1 saturated heterocycles. The molecule has 1 aliphatic carbocycles. The minimum atomic E-state index is -3.08. The Morgan fingerprint density at radius 2 is 1.80 bits per heavy atom. The first kappa shape index (κ1) is 18.8. The molecule has 6 nitrogen and oxygen atoms in total. The first-order valence-corrected chi connectivity index (χ1v) is 10.6. The molecular weight excluding hydrogens is 385 g/mol. The highest BCUT2D eigenvalue weighted by molar-refractivity contribution is 7.90. The minimum Gasteiger partial charge on any atom is -0.338 e. The smallest absolute Gasteiger partial charge is 0.319 e. The second-order valence-electron chi connectivity index (χ2n) is 6.55. The third kappa shape index (κ3) is 4.78. The summed E-state index contributed by atoms with van der Waals surface area (Å²) in [6.07, 6.45) is 3.11. The van der Waals surface area contributed by atoms with Crippen LogP contribution in [0.4, 0.5) is 10.5 Å². The van der Waals surface area contributed by atoms with Crippen molar-refractivity contribution >= 4 is 44.9 Å². The highest BCUT2D eigenvalue weighted by atomic mass is 35.5. The number of piperidine rings is 1. The minimum absolute atomic E-state index is 0.154. The van der Waals surface area contributed by atoms with Gasteiger partial charge in [-0.05, 0) is 49.8 Å². The van der Waals surface area contributed by atoms with Crippen LogP contribution >= 0.6 is 23.2 Å². The normalized spacial score (nSPS) is 19.6. The number of benzene rings is 1. The van der Waals surface area contributed by atoms with Gasteiger partial charge in [0.1, 0.15) is 0 Å². The Bertz CT molecular complexity index is 745. The van der Waals surface area contributed by atoms with Crippen LogP contribution < -0.4 is 10.6 Å². The van der Waals surface area contributed by atoms with Crippen molar-refractivity contribution in [2.45, 2.75) is 30.9 Å². The van der Waals surface area contributed by atoms with Crippen LogP contribution in [-0.2, 0) is 10.0 Å². The number of nitrogens with one attached hydrogen (secondary N) is 2. The summed E-state index contributed by atoms with van der Waals surface area (Å²) in [6, 6.07) is 4.57. The maximum absolute atomic E-state index is 12.2. The van der Waals surface area contributed by atoms with Crippen LogP contribution in [0.2, 0.25) is 10.0 Å². The molecule has 0 atom stereocenters. The molecule has 1 heterocycles. The number of sulfonamides is 1. The van der Waals surface area contributed by atoms with Gasteiger partial charge in [-0.1, -0.05) is 23.2 Å². The molecule has 0 bridgehead atoms. The first-order valence-electron chi connectivity index (χ1n) is 8.35. The van der Waals surface area contributed by atoms with Gasteiger partial charge in [-0.25, -0.2) is 17.5 Å². The number of carbonyl (C=O) groups excluding carboxylic acids is 1. The van der Waals surface area contributed by atoms with E-state index >= 15 is 0 Å². The van der Waals surface area contributed by atoms with Gasteiger partial charge in [0.25, 0.3) is 0 Å². The summed E-state index contributed by atoms with van der Waals surface area (Å²) in [5.74, 6) is 0.283. The standard InChI is InChI=1S/C16H21Cl2N3O3S/c17-14-4-1-12(9-15(14)18)20-16(22)19-10-11-5-7-21(8-6-11)25(23,24)13-2-3-13/h1,4,9,11,13H,2-3,5-8,10H2,(H2,19,20,22). The van der Waals surface area contributed by atoms with E-state index in [4.69, 9.17) is 23.2 Å². The van der Waals surface area contributed by atoms with Gasteiger partial charge < -0.3 is 10.6 Å². The Kier molecular flexibility index (Phi) is 5.78. The number of urea groups is 1. The van der Waals surface area contributed by atoms with Crippen LogP contribution in [0.3, 0.4) is 0 Å². The number of hydrogen-bond donors (Lipinski definition) is 2. The van der Waals surface area contributed by atoms with Crippen molar-refractivity contribution in [3.05, 3.63) is 28.2 Å². The van der Waals surface area contributed by atoms with Crippen LogP contribution in [0, 0.1) is 5.92 Å². The Hall–Kier alpha value is -1.02. The molecule has 1 saturated carbocycles. The zero-order valence-corrected chi connectivity index (χ0v) is 16.0. The van der Waals surface area contributed by atoms with Crippen LogP contribution in [0.5, 0.6) is 0 Å². The molecular formula is C16H21Cl2N3O3S. The largest absolute Gasteiger partial charge is 0.338 e.